The molecule has 1 heterocycles. The fourth-order valence-electron chi connectivity index (χ4n) is 1.80. The smallest absolute Gasteiger partial charge is 0.226 e. The van der Waals surface area contributed by atoms with Crippen LogP contribution in [0.2, 0.25) is 0 Å². The molecule has 0 unspecified atom stereocenters. The van der Waals surface area contributed by atoms with Crippen LogP contribution in [0.5, 0.6) is 11.5 Å². The number of hydrogen-bond donors (Lipinski definition) is 1. The summed E-state index contributed by atoms with van der Waals surface area (Å²) in [5, 5.41) is 3.30. The van der Waals surface area contributed by atoms with Gasteiger partial charge in [-0.3, -0.25) is 0 Å². The van der Waals surface area contributed by atoms with E-state index in [1.165, 1.54) is 0 Å². The van der Waals surface area contributed by atoms with Gasteiger partial charge in [-0.2, -0.15) is 0 Å². The van der Waals surface area contributed by atoms with E-state index < -0.39 is 0 Å². The second-order valence-electron chi connectivity index (χ2n) is 4.75. The summed E-state index contributed by atoms with van der Waals surface area (Å²) in [4.78, 5) is 4.46. The van der Waals surface area contributed by atoms with Gasteiger partial charge in [0.25, 0.3) is 0 Å². The van der Waals surface area contributed by atoms with E-state index in [4.69, 9.17) is 13.9 Å². The number of methoxy groups -OCH3 is 2. The lowest BCUT2D eigenvalue weighted by atomic mass is 10.2. The average Bonchev–Trinajstić information content (AvgIpc) is 2.93. The van der Waals surface area contributed by atoms with Crippen molar-refractivity contribution in [1.29, 1.82) is 0 Å². The molecule has 0 saturated carbocycles. The number of benzene rings is 1. The van der Waals surface area contributed by atoms with E-state index in [9.17, 15) is 0 Å². The molecule has 0 aliphatic carbocycles. The van der Waals surface area contributed by atoms with E-state index in [1.807, 2.05) is 18.2 Å². The van der Waals surface area contributed by atoms with Crippen LogP contribution < -0.4 is 14.8 Å². The number of oxazole rings is 1. The Morgan fingerprint density at radius 2 is 1.95 bits per heavy atom. The third kappa shape index (κ3) is 3.30. The summed E-state index contributed by atoms with van der Waals surface area (Å²) in [6.07, 6.45) is 1.67. The van der Waals surface area contributed by atoms with Gasteiger partial charge in [0.15, 0.2) is 11.5 Å². The number of hydrogen-bond acceptors (Lipinski definition) is 5. The number of nitrogens with zero attached hydrogens (tertiary/aromatic N) is 1. The van der Waals surface area contributed by atoms with E-state index in [0.717, 1.165) is 11.3 Å². The van der Waals surface area contributed by atoms with Crippen molar-refractivity contribution in [3.63, 3.8) is 0 Å². The Labute approximate surface area is 118 Å². The number of aromatic nitrogens is 1. The van der Waals surface area contributed by atoms with Crippen LogP contribution in [-0.4, -0.2) is 25.2 Å². The summed E-state index contributed by atoms with van der Waals surface area (Å²) in [6.45, 7) is 4.87. The standard InChI is InChI=1S/C15H20N2O3/c1-10(2)16-8-12-9-20-15(17-12)11-5-6-13(18-3)14(7-11)19-4/h5-7,9-10,16H,8H2,1-4H3. The molecular formula is C15H20N2O3. The lowest BCUT2D eigenvalue weighted by molar-refractivity contribution is 0.355. The van der Waals surface area contributed by atoms with Crippen LogP contribution >= 0.6 is 0 Å². The first-order valence-corrected chi connectivity index (χ1v) is 6.54. The highest BCUT2D eigenvalue weighted by atomic mass is 16.5. The molecule has 0 saturated heterocycles. The van der Waals surface area contributed by atoms with Crippen LogP contribution in [0.1, 0.15) is 19.5 Å². The summed E-state index contributed by atoms with van der Waals surface area (Å²) < 4.78 is 16.0. The van der Waals surface area contributed by atoms with E-state index in [0.29, 0.717) is 30.0 Å². The molecule has 1 N–H and O–H groups in total. The van der Waals surface area contributed by atoms with Crippen molar-refractivity contribution in [1.82, 2.24) is 10.3 Å². The van der Waals surface area contributed by atoms with Crippen molar-refractivity contribution >= 4 is 0 Å². The molecule has 20 heavy (non-hydrogen) atoms. The molecule has 0 fully saturated rings. The van der Waals surface area contributed by atoms with Gasteiger partial charge in [-0.1, -0.05) is 13.8 Å². The van der Waals surface area contributed by atoms with Crippen LogP contribution in [0.25, 0.3) is 11.5 Å². The maximum Gasteiger partial charge on any atom is 0.226 e. The normalized spacial score (nSPS) is 10.8. The van der Waals surface area contributed by atoms with Crippen LogP contribution in [-0.2, 0) is 6.54 Å². The van der Waals surface area contributed by atoms with Crippen molar-refractivity contribution in [2.45, 2.75) is 26.4 Å². The first kappa shape index (κ1) is 14.4. The molecule has 5 nitrogen and oxygen atoms in total. The van der Waals surface area contributed by atoms with Crippen molar-refractivity contribution in [3.05, 3.63) is 30.2 Å². The Morgan fingerprint density at radius 3 is 2.60 bits per heavy atom. The maximum atomic E-state index is 5.51. The first-order chi connectivity index (χ1) is 9.63. The maximum absolute atomic E-state index is 5.51. The highest BCUT2D eigenvalue weighted by Crippen LogP contribution is 2.31. The lowest BCUT2D eigenvalue weighted by Crippen LogP contribution is -2.21. The molecule has 2 aromatic rings. The second-order valence-corrected chi connectivity index (χ2v) is 4.75. The first-order valence-electron chi connectivity index (χ1n) is 6.54. The van der Waals surface area contributed by atoms with E-state index >= 15 is 0 Å². The van der Waals surface area contributed by atoms with Crippen LogP contribution in [0.3, 0.4) is 0 Å². The second kappa shape index (κ2) is 6.43. The van der Waals surface area contributed by atoms with Crippen molar-refractivity contribution < 1.29 is 13.9 Å². The molecule has 2 rings (SSSR count). The Kier molecular flexibility index (Phi) is 4.63. The highest BCUT2D eigenvalue weighted by molar-refractivity contribution is 5.60. The van der Waals surface area contributed by atoms with E-state index in [2.05, 4.69) is 24.1 Å². The number of nitrogens with one attached hydrogen (secondary N) is 1. The topological polar surface area (TPSA) is 56.5 Å². The van der Waals surface area contributed by atoms with E-state index in [-0.39, 0.29) is 0 Å². The van der Waals surface area contributed by atoms with Gasteiger partial charge < -0.3 is 19.2 Å². The predicted octanol–water partition coefficient (Wildman–Crippen LogP) is 2.86. The minimum absolute atomic E-state index is 0.413. The molecule has 0 atom stereocenters. The molecular weight excluding hydrogens is 256 g/mol. The zero-order chi connectivity index (χ0) is 14.5. The zero-order valence-corrected chi connectivity index (χ0v) is 12.3. The van der Waals surface area contributed by atoms with Crippen LogP contribution in [0.4, 0.5) is 0 Å². The van der Waals surface area contributed by atoms with Gasteiger partial charge in [-0.15, -0.1) is 0 Å². The molecule has 0 spiro atoms. The molecule has 0 amide bonds. The fourth-order valence-corrected chi connectivity index (χ4v) is 1.80. The third-order valence-electron chi connectivity index (χ3n) is 2.87. The van der Waals surface area contributed by atoms with Gasteiger partial charge in [-0.05, 0) is 18.2 Å². The Morgan fingerprint density at radius 1 is 1.20 bits per heavy atom. The lowest BCUT2D eigenvalue weighted by Gasteiger charge is -2.07. The molecule has 108 valence electrons. The largest absolute Gasteiger partial charge is 0.493 e. The average molecular weight is 276 g/mol. The van der Waals surface area contributed by atoms with Gasteiger partial charge in [0.2, 0.25) is 5.89 Å². The number of ether oxygens (including phenoxy) is 2. The van der Waals surface area contributed by atoms with Crippen molar-refractivity contribution in [2.24, 2.45) is 0 Å². The van der Waals surface area contributed by atoms with E-state index in [1.54, 1.807) is 20.5 Å². The highest BCUT2D eigenvalue weighted by Gasteiger charge is 2.11. The number of rotatable bonds is 6. The SMILES string of the molecule is COc1ccc(-c2nc(CNC(C)C)co2)cc1OC. The predicted molar refractivity (Wildman–Crippen MR) is 77.0 cm³/mol. The summed E-state index contributed by atoms with van der Waals surface area (Å²) in [7, 11) is 3.22. The molecule has 5 heteroatoms. The zero-order valence-electron chi connectivity index (χ0n) is 12.3. The summed E-state index contributed by atoms with van der Waals surface area (Å²) in [5.41, 5.74) is 1.74. The summed E-state index contributed by atoms with van der Waals surface area (Å²) >= 11 is 0. The molecule has 1 aromatic carbocycles. The Bertz CT molecular complexity index is 564. The van der Waals surface area contributed by atoms with Gasteiger partial charge >= 0.3 is 0 Å². The molecule has 0 radical (unpaired) electrons. The van der Waals surface area contributed by atoms with Gasteiger partial charge in [-0.25, -0.2) is 4.98 Å². The van der Waals surface area contributed by atoms with Gasteiger partial charge in [0, 0.05) is 18.2 Å². The minimum atomic E-state index is 0.413. The van der Waals surface area contributed by atoms with Crippen LogP contribution in [0, 0.1) is 0 Å². The Balaban J connectivity index is 2.19. The molecule has 1 aromatic heterocycles. The summed E-state index contributed by atoms with van der Waals surface area (Å²) in [6, 6.07) is 6.00. The monoisotopic (exact) mass is 276 g/mol. The molecule has 0 aliphatic rings. The summed E-state index contributed by atoms with van der Waals surface area (Å²) in [5.74, 6) is 1.92. The minimum Gasteiger partial charge on any atom is -0.493 e. The quantitative estimate of drug-likeness (QED) is 0.879. The van der Waals surface area contributed by atoms with Crippen molar-refractivity contribution in [3.8, 4) is 23.0 Å². The fraction of sp³-hybridized carbons (Fsp3) is 0.400. The Hall–Kier alpha value is -2.01. The van der Waals surface area contributed by atoms with Crippen LogP contribution in [0.15, 0.2) is 28.9 Å². The van der Waals surface area contributed by atoms with Gasteiger partial charge in [0.1, 0.15) is 6.26 Å². The molecule has 0 bridgehead atoms. The van der Waals surface area contributed by atoms with Crippen molar-refractivity contribution in [2.75, 3.05) is 14.2 Å². The third-order valence-corrected chi connectivity index (χ3v) is 2.87. The molecule has 0 aliphatic heterocycles. The van der Waals surface area contributed by atoms with Gasteiger partial charge in [0.05, 0.1) is 19.9 Å².